The number of carbonyl (C=O) groups is 1. The Balaban J connectivity index is 2.59. The molecule has 0 saturated carbocycles. The van der Waals surface area contributed by atoms with E-state index in [4.69, 9.17) is 11.6 Å². The molecule has 92 valence electrons. The summed E-state index contributed by atoms with van der Waals surface area (Å²) < 4.78 is 0. The molecule has 0 N–H and O–H groups in total. The lowest BCUT2D eigenvalue weighted by Crippen LogP contribution is -2.33. The third kappa shape index (κ3) is 4.36. The van der Waals surface area contributed by atoms with E-state index < -0.39 is 0 Å². The van der Waals surface area contributed by atoms with Crippen molar-refractivity contribution in [2.45, 2.75) is 17.1 Å². The van der Waals surface area contributed by atoms with E-state index in [1.54, 1.807) is 26.1 Å². The lowest BCUT2D eigenvalue weighted by molar-refractivity contribution is -0.128. The highest BCUT2D eigenvalue weighted by molar-refractivity contribution is 8.00. The minimum atomic E-state index is -0.261. The lowest BCUT2D eigenvalue weighted by atomic mass is 10.4. The van der Waals surface area contributed by atoms with E-state index in [9.17, 15) is 9.70 Å². The van der Waals surface area contributed by atoms with Crippen LogP contribution in [0, 0.1) is 4.91 Å². The number of amides is 1. The summed E-state index contributed by atoms with van der Waals surface area (Å²) in [5, 5.41) is 3.09. The molecule has 17 heavy (non-hydrogen) atoms. The van der Waals surface area contributed by atoms with Crippen LogP contribution in [0.1, 0.15) is 6.92 Å². The minimum Gasteiger partial charge on any atom is -0.322 e. The van der Waals surface area contributed by atoms with Crippen molar-refractivity contribution in [2.24, 2.45) is 5.18 Å². The molecule has 0 radical (unpaired) electrons. The van der Waals surface area contributed by atoms with Gasteiger partial charge in [0.2, 0.25) is 5.91 Å². The molecule has 1 rings (SSSR count). The molecule has 0 aromatic heterocycles. The number of halogens is 1. The van der Waals surface area contributed by atoms with Crippen LogP contribution in [0.3, 0.4) is 0 Å². The quantitative estimate of drug-likeness (QED) is 0.612. The van der Waals surface area contributed by atoms with Gasteiger partial charge in [-0.2, -0.15) is 0 Å². The highest BCUT2D eigenvalue weighted by atomic mass is 35.5. The van der Waals surface area contributed by atoms with Gasteiger partial charge in [-0.3, -0.25) is 4.79 Å². The maximum atomic E-state index is 11.8. The van der Waals surface area contributed by atoms with Gasteiger partial charge < -0.3 is 4.90 Å². The molecule has 0 aliphatic heterocycles. The van der Waals surface area contributed by atoms with Gasteiger partial charge >= 0.3 is 0 Å². The third-order valence-electron chi connectivity index (χ3n) is 2.12. The topological polar surface area (TPSA) is 49.7 Å². The number of thioether (sulfide) groups is 1. The fourth-order valence-electron chi connectivity index (χ4n) is 1.23. The van der Waals surface area contributed by atoms with Crippen LogP contribution < -0.4 is 0 Å². The largest absolute Gasteiger partial charge is 0.322 e. The van der Waals surface area contributed by atoms with Gasteiger partial charge in [-0.25, -0.2) is 0 Å². The Hall–Kier alpha value is -1.07. The summed E-state index contributed by atoms with van der Waals surface area (Å²) in [6.07, 6.45) is 0. The molecule has 0 bridgehead atoms. The monoisotopic (exact) mass is 272 g/mol. The molecule has 0 fully saturated rings. The second kappa shape index (κ2) is 6.61. The van der Waals surface area contributed by atoms with Crippen LogP contribution in [0.2, 0.25) is 5.02 Å². The number of hydrogen-bond donors (Lipinski definition) is 0. The number of hydrogen-bond acceptors (Lipinski definition) is 4. The second-order valence-electron chi connectivity index (χ2n) is 3.52. The third-order valence-corrected chi connectivity index (χ3v) is 3.47. The van der Waals surface area contributed by atoms with Crippen LogP contribution in [0.15, 0.2) is 34.3 Å². The fraction of sp³-hybridized carbons (Fsp3) is 0.364. The van der Waals surface area contributed by atoms with E-state index in [2.05, 4.69) is 5.18 Å². The number of carbonyl (C=O) groups excluding carboxylic acids is 1. The average molecular weight is 273 g/mol. The zero-order valence-corrected chi connectivity index (χ0v) is 11.2. The normalized spacial score (nSPS) is 11.9. The van der Waals surface area contributed by atoms with Crippen LogP contribution in [-0.4, -0.2) is 29.8 Å². The van der Waals surface area contributed by atoms with Gasteiger partial charge in [0.15, 0.2) is 6.67 Å². The molecule has 1 amide bonds. The molecule has 1 unspecified atom stereocenters. The summed E-state index contributed by atoms with van der Waals surface area (Å²) in [6, 6.07) is 7.26. The van der Waals surface area contributed by atoms with Crippen LogP contribution in [0.5, 0.6) is 0 Å². The van der Waals surface area contributed by atoms with Gasteiger partial charge in [-0.1, -0.05) is 11.6 Å². The highest BCUT2D eigenvalue weighted by Crippen LogP contribution is 2.25. The summed E-state index contributed by atoms with van der Waals surface area (Å²) in [6.45, 7) is 1.67. The molecular weight excluding hydrogens is 260 g/mol. The lowest BCUT2D eigenvalue weighted by Gasteiger charge is -2.17. The summed E-state index contributed by atoms with van der Waals surface area (Å²) in [7, 11) is 1.56. The highest BCUT2D eigenvalue weighted by Gasteiger charge is 2.18. The minimum absolute atomic E-state index is 0.121. The van der Waals surface area contributed by atoms with Crippen LogP contribution in [0.4, 0.5) is 0 Å². The van der Waals surface area contributed by atoms with Gasteiger partial charge in [-0.05, 0) is 36.4 Å². The molecule has 0 spiro atoms. The van der Waals surface area contributed by atoms with Crippen molar-refractivity contribution < 1.29 is 4.79 Å². The van der Waals surface area contributed by atoms with Crippen molar-refractivity contribution in [3.8, 4) is 0 Å². The van der Waals surface area contributed by atoms with Crippen LogP contribution in [0.25, 0.3) is 0 Å². The fourth-order valence-corrected chi connectivity index (χ4v) is 2.34. The summed E-state index contributed by atoms with van der Waals surface area (Å²) in [5.74, 6) is -0.121. The zero-order chi connectivity index (χ0) is 12.8. The Morgan fingerprint density at radius 1 is 1.47 bits per heavy atom. The Labute approximate surface area is 109 Å². The molecule has 0 aliphatic carbocycles. The molecule has 1 atom stereocenters. The summed E-state index contributed by atoms with van der Waals surface area (Å²) in [4.78, 5) is 24.1. The predicted molar refractivity (Wildman–Crippen MR) is 70.2 cm³/mol. The first kappa shape index (κ1) is 14.0. The van der Waals surface area contributed by atoms with E-state index in [1.165, 1.54) is 16.7 Å². The maximum Gasteiger partial charge on any atom is 0.237 e. The Kier molecular flexibility index (Phi) is 5.44. The smallest absolute Gasteiger partial charge is 0.237 e. The SMILES string of the molecule is CC(Sc1ccc(Cl)cc1)C(=O)N(C)CN=O. The molecule has 0 aliphatic rings. The molecule has 1 aromatic rings. The van der Waals surface area contributed by atoms with Crippen molar-refractivity contribution in [3.63, 3.8) is 0 Å². The molecular formula is C11H13ClN2O2S. The molecule has 1 aromatic carbocycles. The zero-order valence-electron chi connectivity index (χ0n) is 9.59. The van der Waals surface area contributed by atoms with Crippen molar-refractivity contribution in [1.82, 2.24) is 4.90 Å². The average Bonchev–Trinajstić information content (AvgIpc) is 2.31. The predicted octanol–water partition coefficient (Wildman–Crippen LogP) is 3.00. The van der Waals surface area contributed by atoms with Crippen molar-refractivity contribution in [2.75, 3.05) is 13.7 Å². The van der Waals surface area contributed by atoms with Gasteiger partial charge in [-0.15, -0.1) is 16.7 Å². The van der Waals surface area contributed by atoms with Gasteiger partial charge in [0.1, 0.15) is 0 Å². The van der Waals surface area contributed by atoms with Gasteiger partial charge in [0.25, 0.3) is 0 Å². The Morgan fingerprint density at radius 3 is 2.59 bits per heavy atom. The van der Waals surface area contributed by atoms with Crippen LogP contribution >= 0.6 is 23.4 Å². The molecule has 0 saturated heterocycles. The Bertz CT molecular complexity index is 397. The first-order chi connectivity index (χ1) is 8.04. The summed E-state index contributed by atoms with van der Waals surface area (Å²) >= 11 is 7.19. The van der Waals surface area contributed by atoms with E-state index in [-0.39, 0.29) is 17.8 Å². The number of rotatable bonds is 5. The van der Waals surface area contributed by atoms with Crippen molar-refractivity contribution in [1.29, 1.82) is 0 Å². The second-order valence-corrected chi connectivity index (χ2v) is 5.37. The molecule has 0 heterocycles. The van der Waals surface area contributed by atoms with E-state index >= 15 is 0 Å². The van der Waals surface area contributed by atoms with E-state index in [0.717, 1.165) is 4.90 Å². The maximum absolute atomic E-state index is 11.8. The first-order valence-corrected chi connectivity index (χ1v) is 6.26. The number of benzene rings is 1. The van der Waals surface area contributed by atoms with E-state index in [1.807, 2.05) is 12.1 Å². The summed E-state index contributed by atoms with van der Waals surface area (Å²) in [5.41, 5.74) is 0. The van der Waals surface area contributed by atoms with Crippen molar-refractivity contribution in [3.05, 3.63) is 34.2 Å². The van der Waals surface area contributed by atoms with E-state index in [0.29, 0.717) is 5.02 Å². The Morgan fingerprint density at radius 2 is 2.06 bits per heavy atom. The van der Waals surface area contributed by atoms with Gasteiger partial charge in [0.05, 0.1) is 5.25 Å². The molecule has 4 nitrogen and oxygen atoms in total. The standard InChI is InChI=1S/C11H13ClN2O2S/c1-8(11(15)14(2)7-13-16)17-10-5-3-9(12)4-6-10/h3-6,8H,7H2,1-2H3. The number of nitrogens with zero attached hydrogens (tertiary/aromatic N) is 2. The molecule has 6 heteroatoms. The number of nitroso groups, excluding NO2 is 1. The first-order valence-electron chi connectivity index (χ1n) is 5.01. The van der Waals surface area contributed by atoms with Crippen LogP contribution in [-0.2, 0) is 4.79 Å². The van der Waals surface area contributed by atoms with Crippen molar-refractivity contribution >= 4 is 29.3 Å². The van der Waals surface area contributed by atoms with Gasteiger partial charge in [0, 0.05) is 17.0 Å².